The minimum Gasteiger partial charge on any atom is -0.456 e. The van der Waals surface area contributed by atoms with Crippen LogP contribution < -0.4 is 5.73 Å². The third-order valence-corrected chi connectivity index (χ3v) is 3.68. The second-order valence-electron chi connectivity index (χ2n) is 4.91. The molecule has 7 heteroatoms. The van der Waals surface area contributed by atoms with Gasteiger partial charge in [-0.3, -0.25) is 4.68 Å². The molecule has 0 amide bonds. The number of aromatic nitrogens is 3. The lowest BCUT2D eigenvalue weighted by Crippen LogP contribution is -2.12. The van der Waals surface area contributed by atoms with Gasteiger partial charge in [-0.15, -0.1) is 0 Å². The van der Waals surface area contributed by atoms with E-state index in [9.17, 15) is 4.79 Å². The maximum atomic E-state index is 12.2. The number of halogens is 1. The number of nitrogens with zero attached hydrogens (tertiary/aromatic N) is 3. The van der Waals surface area contributed by atoms with Gasteiger partial charge in [0, 0.05) is 25.4 Å². The van der Waals surface area contributed by atoms with Crippen LogP contribution in [0.25, 0.3) is 0 Å². The highest BCUT2D eigenvalue weighted by Crippen LogP contribution is 2.20. The molecule has 2 aromatic rings. The van der Waals surface area contributed by atoms with Gasteiger partial charge in [0.25, 0.3) is 0 Å². The van der Waals surface area contributed by atoms with Crippen LogP contribution in [0.15, 0.2) is 12.3 Å². The lowest BCUT2D eigenvalue weighted by Gasteiger charge is -2.08. The Kier molecular flexibility index (Phi) is 4.57. The molecule has 2 rings (SSSR count). The summed E-state index contributed by atoms with van der Waals surface area (Å²) in [5, 5.41) is 4.66. The Balaban J connectivity index is 2.12. The fraction of sp³-hybridized carbons (Fsp3) is 0.429. The smallest absolute Gasteiger partial charge is 0.355 e. The number of aryl methyl sites for hydroxylation is 3. The molecule has 2 heterocycles. The minimum absolute atomic E-state index is 0.0918. The average Bonchev–Trinajstić information content (AvgIpc) is 2.90. The molecular formula is C14H19ClN4O2. The Hall–Kier alpha value is -1.95. The van der Waals surface area contributed by atoms with Gasteiger partial charge in [0.05, 0.1) is 11.4 Å². The highest BCUT2D eigenvalue weighted by molar-refractivity contribution is 6.30. The molecule has 0 aliphatic heterocycles. The number of hydrogen-bond acceptors (Lipinski definition) is 4. The lowest BCUT2D eigenvalue weighted by atomic mass is 10.3. The van der Waals surface area contributed by atoms with Crippen LogP contribution in [-0.2, 0) is 24.9 Å². The van der Waals surface area contributed by atoms with Crippen LogP contribution >= 0.6 is 11.6 Å². The van der Waals surface area contributed by atoms with Crippen molar-refractivity contribution < 1.29 is 9.53 Å². The molecule has 2 N–H and O–H groups in total. The molecule has 0 atom stereocenters. The van der Waals surface area contributed by atoms with E-state index in [1.54, 1.807) is 28.6 Å². The molecule has 0 saturated carbocycles. The predicted octanol–water partition coefficient (Wildman–Crippen LogP) is 2.53. The van der Waals surface area contributed by atoms with Crippen LogP contribution in [0.5, 0.6) is 0 Å². The molecule has 114 valence electrons. The summed E-state index contributed by atoms with van der Waals surface area (Å²) in [4.78, 5) is 12.2. The number of nitrogens with two attached hydrogens (primary N) is 1. The Morgan fingerprint density at radius 3 is 2.81 bits per heavy atom. The number of rotatable bonds is 5. The van der Waals surface area contributed by atoms with E-state index in [0.717, 1.165) is 12.1 Å². The van der Waals surface area contributed by atoms with Crippen LogP contribution in [0.2, 0.25) is 5.15 Å². The van der Waals surface area contributed by atoms with Gasteiger partial charge in [0.1, 0.15) is 17.5 Å². The molecule has 0 radical (unpaired) electrons. The molecule has 0 aliphatic rings. The van der Waals surface area contributed by atoms with Crippen molar-refractivity contribution in [3.63, 3.8) is 0 Å². The Morgan fingerprint density at radius 2 is 2.24 bits per heavy atom. The Bertz CT molecular complexity index is 660. The van der Waals surface area contributed by atoms with E-state index in [1.807, 2.05) is 13.8 Å². The molecule has 0 spiro atoms. The van der Waals surface area contributed by atoms with Crippen LogP contribution in [0.1, 0.15) is 35.1 Å². The van der Waals surface area contributed by atoms with Gasteiger partial charge < -0.3 is 15.0 Å². The normalized spacial score (nSPS) is 10.9. The topological polar surface area (TPSA) is 75.1 Å². The van der Waals surface area contributed by atoms with E-state index in [2.05, 4.69) is 5.10 Å². The average molecular weight is 311 g/mol. The van der Waals surface area contributed by atoms with E-state index in [4.69, 9.17) is 22.1 Å². The first-order chi connectivity index (χ1) is 9.93. The molecule has 0 unspecified atom stereocenters. The van der Waals surface area contributed by atoms with Crippen molar-refractivity contribution in [1.29, 1.82) is 0 Å². The van der Waals surface area contributed by atoms with Crippen molar-refractivity contribution in [2.75, 3.05) is 5.73 Å². The third-order valence-electron chi connectivity index (χ3n) is 3.21. The number of carbonyl (C=O) groups excluding carboxylic acids is 1. The van der Waals surface area contributed by atoms with E-state index in [-0.39, 0.29) is 6.61 Å². The zero-order valence-corrected chi connectivity index (χ0v) is 13.1. The van der Waals surface area contributed by atoms with Gasteiger partial charge in [0.2, 0.25) is 0 Å². The summed E-state index contributed by atoms with van der Waals surface area (Å²) in [7, 11) is 1.74. The van der Waals surface area contributed by atoms with Crippen LogP contribution in [-0.4, -0.2) is 20.3 Å². The first-order valence-electron chi connectivity index (χ1n) is 6.74. The molecule has 0 bridgehead atoms. The number of carbonyl (C=O) groups is 1. The van der Waals surface area contributed by atoms with Crippen molar-refractivity contribution in [1.82, 2.24) is 14.3 Å². The molecule has 0 saturated heterocycles. The van der Waals surface area contributed by atoms with E-state index in [0.29, 0.717) is 28.6 Å². The standard InChI is InChI=1S/C14H19ClN4O2/c1-4-5-19-7-10(16)6-12(19)14(20)21-8-11-9(2)17-18(3)13(11)15/h6-7H,4-5,8,16H2,1-3H3. The summed E-state index contributed by atoms with van der Waals surface area (Å²) in [5.41, 5.74) is 8.21. The highest BCUT2D eigenvalue weighted by Gasteiger charge is 2.17. The van der Waals surface area contributed by atoms with Crippen molar-refractivity contribution in [3.8, 4) is 0 Å². The fourth-order valence-corrected chi connectivity index (χ4v) is 2.41. The van der Waals surface area contributed by atoms with Gasteiger partial charge >= 0.3 is 5.97 Å². The maximum Gasteiger partial charge on any atom is 0.355 e. The zero-order valence-electron chi connectivity index (χ0n) is 12.4. The van der Waals surface area contributed by atoms with Crippen molar-refractivity contribution in [2.45, 2.75) is 33.4 Å². The van der Waals surface area contributed by atoms with Gasteiger partial charge in [-0.1, -0.05) is 18.5 Å². The quantitative estimate of drug-likeness (QED) is 0.861. The zero-order chi connectivity index (χ0) is 15.6. The molecule has 0 fully saturated rings. The summed E-state index contributed by atoms with van der Waals surface area (Å²) < 4.78 is 8.69. The summed E-state index contributed by atoms with van der Waals surface area (Å²) in [6.45, 7) is 4.67. The number of esters is 1. The van der Waals surface area contributed by atoms with Gasteiger partial charge in [-0.25, -0.2) is 4.79 Å². The summed E-state index contributed by atoms with van der Waals surface area (Å²) in [6.07, 6.45) is 2.64. The first kappa shape index (κ1) is 15.4. The van der Waals surface area contributed by atoms with E-state index in [1.165, 1.54) is 0 Å². The summed E-state index contributed by atoms with van der Waals surface area (Å²) in [6, 6.07) is 1.62. The fourth-order valence-electron chi connectivity index (χ4n) is 2.18. The molecule has 21 heavy (non-hydrogen) atoms. The van der Waals surface area contributed by atoms with Gasteiger partial charge in [-0.2, -0.15) is 5.10 Å². The number of ether oxygens (including phenoxy) is 1. The van der Waals surface area contributed by atoms with Crippen LogP contribution in [0.4, 0.5) is 5.69 Å². The van der Waals surface area contributed by atoms with E-state index < -0.39 is 5.97 Å². The number of anilines is 1. The van der Waals surface area contributed by atoms with E-state index >= 15 is 0 Å². The second-order valence-corrected chi connectivity index (χ2v) is 5.26. The van der Waals surface area contributed by atoms with Crippen molar-refractivity contribution in [2.24, 2.45) is 7.05 Å². The number of hydrogen-bond donors (Lipinski definition) is 1. The SMILES string of the molecule is CCCn1cc(N)cc1C(=O)OCc1c(C)nn(C)c1Cl. The highest BCUT2D eigenvalue weighted by atomic mass is 35.5. The van der Waals surface area contributed by atoms with Crippen molar-refractivity contribution >= 4 is 23.3 Å². The molecule has 2 aromatic heterocycles. The molecule has 6 nitrogen and oxygen atoms in total. The van der Waals surface area contributed by atoms with Gasteiger partial charge in [0.15, 0.2) is 0 Å². The van der Waals surface area contributed by atoms with Crippen LogP contribution in [0.3, 0.4) is 0 Å². The van der Waals surface area contributed by atoms with Crippen molar-refractivity contribution in [3.05, 3.63) is 34.4 Å². The second kappa shape index (κ2) is 6.22. The minimum atomic E-state index is -0.417. The molecule has 0 aliphatic carbocycles. The summed E-state index contributed by atoms with van der Waals surface area (Å²) >= 11 is 6.11. The third kappa shape index (κ3) is 3.21. The maximum absolute atomic E-state index is 12.2. The predicted molar refractivity (Wildman–Crippen MR) is 81.2 cm³/mol. The monoisotopic (exact) mass is 310 g/mol. The van der Waals surface area contributed by atoms with Gasteiger partial charge in [-0.05, 0) is 19.4 Å². The van der Waals surface area contributed by atoms with Crippen LogP contribution in [0, 0.1) is 6.92 Å². The largest absolute Gasteiger partial charge is 0.456 e. The molecule has 0 aromatic carbocycles. The Morgan fingerprint density at radius 1 is 1.52 bits per heavy atom. The summed E-state index contributed by atoms with van der Waals surface area (Å²) in [5.74, 6) is -0.417. The first-order valence-corrected chi connectivity index (χ1v) is 7.12. The number of nitrogen functional groups attached to an aromatic ring is 1. The Labute approximate surface area is 128 Å². The molecular weight excluding hydrogens is 292 g/mol. The lowest BCUT2D eigenvalue weighted by molar-refractivity contribution is 0.0459.